The SMILES string of the molecule is Cc1ccccc1C1(C2CCCC2)C[C@H]1CN. The van der Waals surface area contributed by atoms with Gasteiger partial charge >= 0.3 is 0 Å². The van der Waals surface area contributed by atoms with Crippen molar-refractivity contribution in [3.05, 3.63) is 35.4 Å². The van der Waals surface area contributed by atoms with Gasteiger partial charge in [0.1, 0.15) is 0 Å². The average Bonchev–Trinajstić information content (AvgIpc) is 2.83. The van der Waals surface area contributed by atoms with Crippen LogP contribution in [-0.2, 0) is 5.41 Å². The van der Waals surface area contributed by atoms with E-state index in [2.05, 4.69) is 31.2 Å². The maximum Gasteiger partial charge on any atom is 0.00278 e. The normalized spacial score (nSPS) is 32.9. The Morgan fingerprint density at radius 1 is 1.24 bits per heavy atom. The van der Waals surface area contributed by atoms with E-state index in [0.717, 1.165) is 18.4 Å². The van der Waals surface area contributed by atoms with Crippen LogP contribution in [0.1, 0.15) is 43.2 Å². The molecule has 2 aliphatic rings. The lowest BCUT2D eigenvalue weighted by atomic mass is 9.78. The molecule has 1 heteroatoms. The summed E-state index contributed by atoms with van der Waals surface area (Å²) in [7, 11) is 0. The Morgan fingerprint density at radius 2 is 1.94 bits per heavy atom. The van der Waals surface area contributed by atoms with Crippen LogP contribution < -0.4 is 5.73 Å². The van der Waals surface area contributed by atoms with Gasteiger partial charge in [0.05, 0.1) is 0 Å². The smallest absolute Gasteiger partial charge is 0.00278 e. The summed E-state index contributed by atoms with van der Waals surface area (Å²) in [6.07, 6.45) is 7.03. The van der Waals surface area contributed by atoms with Gasteiger partial charge in [-0.2, -0.15) is 0 Å². The molecule has 2 aliphatic carbocycles. The van der Waals surface area contributed by atoms with Crippen molar-refractivity contribution >= 4 is 0 Å². The molecular weight excluding hydrogens is 206 g/mol. The summed E-state index contributed by atoms with van der Waals surface area (Å²) in [6, 6.07) is 8.97. The van der Waals surface area contributed by atoms with Crippen molar-refractivity contribution in [2.75, 3.05) is 6.54 Å². The van der Waals surface area contributed by atoms with Crippen LogP contribution in [0.5, 0.6) is 0 Å². The summed E-state index contributed by atoms with van der Waals surface area (Å²) in [5.74, 6) is 1.64. The molecule has 0 aliphatic heterocycles. The quantitative estimate of drug-likeness (QED) is 0.844. The molecule has 0 radical (unpaired) electrons. The third kappa shape index (κ3) is 1.63. The van der Waals surface area contributed by atoms with Gasteiger partial charge in [0.2, 0.25) is 0 Å². The minimum atomic E-state index is 0.455. The fourth-order valence-electron chi connectivity index (χ4n) is 4.23. The lowest BCUT2D eigenvalue weighted by Crippen LogP contribution is -2.24. The third-order valence-electron chi connectivity index (χ3n) is 5.17. The van der Waals surface area contributed by atoms with Crippen molar-refractivity contribution in [1.29, 1.82) is 0 Å². The fraction of sp³-hybridized carbons (Fsp3) is 0.625. The van der Waals surface area contributed by atoms with E-state index in [4.69, 9.17) is 5.73 Å². The minimum absolute atomic E-state index is 0.455. The number of hydrogen-bond donors (Lipinski definition) is 1. The lowest BCUT2D eigenvalue weighted by Gasteiger charge is -2.27. The Hall–Kier alpha value is -0.820. The van der Waals surface area contributed by atoms with Crippen LogP contribution in [0, 0.1) is 18.8 Å². The second kappa shape index (κ2) is 4.13. The maximum atomic E-state index is 5.96. The molecule has 0 spiro atoms. The van der Waals surface area contributed by atoms with Crippen LogP contribution in [-0.4, -0.2) is 6.54 Å². The predicted octanol–water partition coefficient (Wildman–Crippen LogP) is 3.40. The summed E-state index contributed by atoms with van der Waals surface area (Å²) in [5.41, 5.74) is 9.49. The zero-order chi connectivity index (χ0) is 11.9. The van der Waals surface area contributed by atoms with E-state index < -0.39 is 0 Å². The number of rotatable bonds is 3. The summed E-state index contributed by atoms with van der Waals surface area (Å²) in [4.78, 5) is 0. The highest BCUT2D eigenvalue weighted by Gasteiger charge is 2.59. The van der Waals surface area contributed by atoms with E-state index in [0.29, 0.717) is 5.41 Å². The highest BCUT2D eigenvalue weighted by Crippen LogP contribution is 2.62. The summed E-state index contributed by atoms with van der Waals surface area (Å²) >= 11 is 0. The molecule has 2 fully saturated rings. The first-order chi connectivity index (χ1) is 8.29. The molecule has 0 bridgehead atoms. The summed E-state index contributed by atoms with van der Waals surface area (Å²) in [6.45, 7) is 3.13. The number of nitrogens with two attached hydrogens (primary N) is 1. The molecule has 1 aromatic rings. The van der Waals surface area contributed by atoms with Crippen LogP contribution >= 0.6 is 0 Å². The standard InChI is InChI=1S/C16H23N/c1-12-6-2-5-9-15(12)16(10-14(16)11-17)13-7-3-4-8-13/h2,5-6,9,13-14H,3-4,7-8,10-11,17H2,1H3/t14-,16?/m0/s1. The van der Waals surface area contributed by atoms with Gasteiger partial charge in [-0.05, 0) is 55.7 Å². The van der Waals surface area contributed by atoms with Crippen LogP contribution in [0.25, 0.3) is 0 Å². The van der Waals surface area contributed by atoms with Crippen molar-refractivity contribution in [3.8, 4) is 0 Å². The first-order valence-electron chi connectivity index (χ1n) is 7.05. The van der Waals surface area contributed by atoms with Gasteiger partial charge in [-0.1, -0.05) is 37.1 Å². The second-order valence-electron chi connectivity index (χ2n) is 5.97. The van der Waals surface area contributed by atoms with Crippen molar-refractivity contribution in [2.24, 2.45) is 17.6 Å². The second-order valence-corrected chi connectivity index (χ2v) is 5.97. The Labute approximate surface area is 104 Å². The van der Waals surface area contributed by atoms with E-state index >= 15 is 0 Å². The molecule has 1 nitrogen and oxygen atoms in total. The minimum Gasteiger partial charge on any atom is -0.330 e. The molecule has 92 valence electrons. The van der Waals surface area contributed by atoms with E-state index in [-0.39, 0.29) is 0 Å². The predicted molar refractivity (Wildman–Crippen MR) is 72.0 cm³/mol. The van der Waals surface area contributed by atoms with Gasteiger partial charge in [0.25, 0.3) is 0 Å². The Balaban J connectivity index is 1.98. The molecule has 0 saturated heterocycles. The first kappa shape index (κ1) is 11.3. The maximum absolute atomic E-state index is 5.96. The van der Waals surface area contributed by atoms with Gasteiger partial charge in [-0.15, -0.1) is 0 Å². The van der Waals surface area contributed by atoms with Crippen LogP contribution in [0.15, 0.2) is 24.3 Å². The fourth-order valence-corrected chi connectivity index (χ4v) is 4.23. The zero-order valence-corrected chi connectivity index (χ0v) is 10.8. The van der Waals surface area contributed by atoms with Crippen LogP contribution in [0.4, 0.5) is 0 Å². The van der Waals surface area contributed by atoms with Crippen molar-refractivity contribution in [3.63, 3.8) is 0 Å². The average molecular weight is 229 g/mol. The molecular formula is C16H23N. The lowest BCUT2D eigenvalue weighted by molar-refractivity contribution is 0.385. The molecule has 0 aromatic heterocycles. The molecule has 2 N–H and O–H groups in total. The van der Waals surface area contributed by atoms with E-state index in [1.54, 1.807) is 5.56 Å². The Morgan fingerprint density at radius 3 is 2.53 bits per heavy atom. The van der Waals surface area contributed by atoms with Crippen molar-refractivity contribution < 1.29 is 0 Å². The molecule has 0 amide bonds. The Bertz CT molecular complexity index is 406. The molecule has 2 saturated carbocycles. The molecule has 1 unspecified atom stereocenters. The molecule has 3 rings (SSSR count). The van der Waals surface area contributed by atoms with Gasteiger partial charge in [0, 0.05) is 5.41 Å². The topological polar surface area (TPSA) is 26.0 Å². The van der Waals surface area contributed by atoms with Gasteiger partial charge < -0.3 is 5.73 Å². The third-order valence-corrected chi connectivity index (χ3v) is 5.17. The molecule has 1 aromatic carbocycles. The van der Waals surface area contributed by atoms with E-state index in [1.165, 1.54) is 37.7 Å². The van der Waals surface area contributed by atoms with E-state index in [9.17, 15) is 0 Å². The van der Waals surface area contributed by atoms with Gasteiger partial charge in [-0.25, -0.2) is 0 Å². The largest absolute Gasteiger partial charge is 0.330 e. The highest BCUT2D eigenvalue weighted by atomic mass is 14.7. The number of benzene rings is 1. The monoisotopic (exact) mass is 229 g/mol. The van der Waals surface area contributed by atoms with Crippen molar-refractivity contribution in [2.45, 2.75) is 44.4 Å². The zero-order valence-electron chi connectivity index (χ0n) is 10.8. The Kier molecular flexibility index (Phi) is 2.74. The molecule has 17 heavy (non-hydrogen) atoms. The first-order valence-corrected chi connectivity index (χ1v) is 7.05. The van der Waals surface area contributed by atoms with E-state index in [1.807, 2.05) is 0 Å². The summed E-state index contributed by atoms with van der Waals surface area (Å²) in [5, 5.41) is 0. The van der Waals surface area contributed by atoms with Gasteiger partial charge in [0.15, 0.2) is 0 Å². The number of aryl methyl sites for hydroxylation is 1. The van der Waals surface area contributed by atoms with Crippen LogP contribution in [0.3, 0.4) is 0 Å². The van der Waals surface area contributed by atoms with Crippen molar-refractivity contribution in [1.82, 2.24) is 0 Å². The molecule has 0 heterocycles. The van der Waals surface area contributed by atoms with Crippen LogP contribution in [0.2, 0.25) is 0 Å². The highest BCUT2D eigenvalue weighted by molar-refractivity contribution is 5.41. The van der Waals surface area contributed by atoms with Gasteiger partial charge in [-0.3, -0.25) is 0 Å². The molecule has 2 atom stereocenters. The summed E-state index contributed by atoms with van der Waals surface area (Å²) < 4.78 is 0. The number of hydrogen-bond acceptors (Lipinski definition) is 1.